The van der Waals surface area contributed by atoms with Gasteiger partial charge in [-0.3, -0.25) is 0 Å². The van der Waals surface area contributed by atoms with Crippen LogP contribution in [0.2, 0.25) is 0 Å². The van der Waals surface area contributed by atoms with Gasteiger partial charge in [-0.15, -0.1) is 0 Å². The summed E-state index contributed by atoms with van der Waals surface area (Å²) < 4.78 is 5.33. The number of aliphatic hydroxyl groups is 1. The van der Waals surface area contributed by atoms with E-state index in [2.05, 4.69) is 31.3 Å². The SMILES string of the molecule is CCCNC(CC)c1ccc(OCCO)cc1. The van der Waals surface area contributed by atoms with Crippen LogP contribution >= 0.6 is 0 Å². The molecule has 0 spiro atoms. The molecule has 0 radical (unpaired) electrons. The molecular weight excluding hydrogens is 214 g/mol. The zero-order chi connectivity index (χ0) is 12.5. The van der Waals surface area contributed by atoms with Crippen molar-refractivity contribution in [1.82, 2.24) is 5.32 Å². The Morgan fingerprint density at radius 3 is 2.47 bits per heavy atom. The Labute approximate surface area is 104 Å². The van der Waals surface area contributed by atoms with Crippen LogP contribution in [0.5, 0.6) is 5.75 Å². The van der Waals surface area contributed by atoms with Gasteiger partial charge in [-0.25, -0.2) is 0 Å². The highest BCUT2D eigenvalue weighted by Gasteiger charge is 2.07. The molecule has 0 amide bonds. The normalized spacial score (nSPS) is 12.4. The second-order valence-corrected chi connectivity index (χ2v) is 4.06. The molecule has 0 aliphatic rings. The predicted octanol–water partition coefficient (Wildman–Crippen LogP) is 2.51. The standard InChI is InChI=1S/C14H23NO2/c1-3-9-15-14(4-2)12-5-7-13(8-6-12)17-11-10-16/h5-8,14-16H,3-4,9-11H2,1-2H3. The van der Waals surface area contributed by atoms with E-state index in [1.54, 1.807) is 0 Å². The van der Waals surface area contributed by atoms with Crippen molar-refractivity contribution in [2.75, 3.05) is 19.8 Å². The molecule has 17 heavy (non-hydrogen) atoms. The number of hydrogen-bond donors (Lipinski definition) is 2. The third-order valence-electron chi connectivity index (χ3n) is 2.69. The van der Waals surface area contributed by atoms with Crippen LogP contribution in [0.3, 0.4) is 0 Å². The monoisotopic (exact) mass is 237 g/mol. The molecule has 2 N–H and O–H groups in total. The van der Waals surface area contributed by atoms with Crippen molar-refractivity contribution in [2.45, 2.75) is 32.7 Å². The molecule has 1 aromatic carbocycles. The van der Waals surface area contributed by atoms with Crippen molar-refractivity contribution in [3.8, 4) is 5.75 Å². The molecule has 0 bridgehead atoms. The van der Waals surface area contributed by atoms with E-state index in [-0.39, 0.29) is 6.61 Å². The van der Waals surface area contributed by atoms with Gasteiger partial charge in [0.05, 0.1) is 6.61 Å². The number of hydrogen-bond acceptors (Lipinski definition) is 3. The highest BCUT2D eigenvalue weighted by molar-refractivity contribution is 5.29. The summed E-state index contributed by atoms with van der Waals surface area (Å²) in [6.45, 7) is 5.80. The lowest BCUT2D eigenvalue weighted by Gasteiger charge is -2.17. The summed E-state index contributed by atoms with van der Waals surface area (Å²) in [6, 6.07) is 8.51. The first kappa shape index (κ1) is 14.0. The van der Waals surface area contributed by atoms with Crippen molar-refractivity contribution in [3.63, 3.8) is 0 Å². The highest BCUT2D eigenvalue weighted by atomic mass is 16.5. The number of nitrogens with one attached hydrogen (secondary N) is 1. The van der Waals surface area contributed by atoms with Crippen LogP contribution in [-0.4, -0.2) is 24.9 Å². The van der Waals surface area contributed by atoms with Crippen LogP contribution < -0.4 is 10.1 Å². The lowest BCUT2D eigenvalue weighted by Crippen LogP contribution is -2.21. The zero-order valence-corrected chi connectivity index (χ0v) is 10.8. The maximum atomic E-state index is 8.67. The summed E-state index contributed by atoms with van der Waals surface area (Å²) in [5.41, 5.74) is 1.29. The summed E-state index contributed by atoms with van der Waals surface area (Å²) in [7, 11) is 0. The fourth-order valence-electron chi connectivity index (χ4n) is 1.78. The van der Waals surface area contributed by atoms with E-state index in [0.717, 1.165) is 25.1 Å². The third-order valence-corrected chi connectivity index (χ3v) is 2.69. The molecule has 0 heterocycles. The molecule has 96 valence electrons. The van der Waals surface area contributed by atoms with E-state index < -0.39 is 0 Å². The summed E-state index contributed by atoms with van der Waals surface area (Å²) in [5, 5.41) is 12.2. The van der Waals surface area contributed by atoms with Crippen molar-refractivity contribution in [2.24, 2.45) is 0 Å². The Hall–Kier alpha value is -1.06. The molecule has 1 rings (SSSR count). The lowest BCUT2D eigenvalue weighted by atomic mass is 10.0. The highest BCUT2D eigenvalue weighted by Crippen LogP contribution is 2.20. The van der Waals surface area contributed by atoms with Crippen LogP contribution in [0.4, 0.5) is 0 Å². The van der Waals surface area contributed by atoms with Crippen molar-refractivity contribution >= 4 is 0 Å². The molecule has 0 aliphatic carbocycles. The largest absolute Gasteiger partial charge is 0.491 e. The van der Waals surface area contributed by atoms with Gasteiger partial charge in [0.1, 0.15) is 12.4 Å². The summed E-state index contributed by atoms with van der Waals surface area (Å²) in [5.74, 6) is 0.813. The van der Waals surface area contributed by atoms with Gasteiger partial charge < -0.3 is 15.2 Å². The van der Waals surface area contributed by atoms with Crippen molar-refractivity contribution < 1.29 is 9.84 Å². The molecule has 0 aliphatic heterocycles. The summed E-state index contributed by atoms with van der Waals surface area (Å²) in [6.07, 6.45) is 2.23. The molecule has 0 saturated carbocycles. The van der Waals surface area contributed by atoms with E-state index in [1.807, 2.05) is 12.1 Å². The Balaban J connectivity index is 2.57. The van der Waals surface area contributed by atoms with Crippen LogP contribution in [0.25, 0.3) is 0 Å². The third kappa shape index (κ3) is 4.75. The van der Waals surface area contributed by atoms with Crippen LogP contribution in [0, 0.1) is 0 Å². The second-order valence-electron chi connectivity index (χ2n) is 4.06. The molecule has 1 aromatic rings. The van der Waals surface area contributed by atoms with E-state index >= 15 is 0 Å². The maximum absolute atomic E-state index is 8.67. The Kier molecular flexibility index (Phi) is 6.67. The number of rotatable bonds is 8. The van der Waals surface area contributed by atoms with E-state index in [9.17, 15) is 0 Å². The number of ether oxygens (including phenoxy) is 1. The molecular formula is C14H23NO2. The predicted molar refractivity (Wildman–Crippen MR) is 70.3 cm³/mol. The first-order valence-corrected chi connectivity index (χ1v) is 6.38. The van der Waals surface area contributed by atoms with E-state index in [1.165, 1.54) is 5.56 Å². The van der Waals surface area contributed by atoms with Crippen molar-refractivity contribution in [1.29, 1.82) is 0 Å². The quantitative estimate of drug-likeness (QED) is 0.730. The lowest BCUT2D eigenvalue weighted by molar-refractivity contribution is 0.201. The second kappa shape index (κ2) is 8.09. The van der Waals surface area contributed by atoms with Gasteiger partial charge >= 0.3 is 0 Å². The summed E-state index contributed by atoms with van der Waals surface area (Å²) >= 11 is 0. The average Bonchev–Trinajstić information content (AvgIpc) is 2.38. The van der Waals surface area contributed by atoms with Gasteiger partial charge in [0.2, 0.25) is 0 Å². The fraction of sp³-hybridized carbons (Fsp3) is 0.571. The average molecular weight is 237 g/mol. The van der Waals surface area contributed by atoms with Gasteiger partial charge in [-0.05, 0) is 37.1 Å². The fourth-order valence-corrected chi connectivity index (χ4v) is 1.78. The molecule has 0 saturated heterocycles. The molecule has 0 fully saturated rings. The maximum Gasteiger partial charge on any atom is 0.119 e. The first-order valence-electron chi connectivity index (χ1n) is 6.38. The van der Waals surface area contributed by atoms with Gasteiger partial charge in [-0.2, -0.15) is 0 Å². The minimum atomic E-state index is 0.0530. The van der Waals surface area contributed by atoms with E-state index in [4.69, 9.17) is 9.84 Å². The van der Waals surface area contributed by atoms with Gasteiger partial charge in [0, 0.05) is 6.04 Å². The number of benzene rings is 1. The first-order chi connectivity index (χ1) is 8.31. The zero-order valence-electron chi connectivity index (χ0n) is 10.8. The Morgan fingerprint density at radius 2 is 1.94 bits per heavy atom. The smallest absolute Gasteiger partial charge is 0.119 e. The van der Waals surface area contributed by atoms with Crippen LogP contribution in [0.1, 0.15) is 38.3 Å². The minimum Gasteiger partial charge on any atom is -0.491 e. The van der Waals surface area contributed by atoms with Gasteiger partial charge in [-0.1, -0.05) is 26.0 Å². The van der Waals surface area contributed by atoms with Crippen molar-refractivity contribution in [3.05, 3.63) is 29.8 Å². The van der Waals surface area contributed by atoms with Crippen LogP contribution in [-0.2, 0) is 0 Å². The molecule has 0 aromatic heterocycles. The molecule has 1 unspecified atom stereocenters. The molecule has 3 heteroatoms. The van der Waals surface area contributed by atoms with E-state index in [0.29, 0.717) is 12.6 Å². The minimum absolute atomic E-state index is 0.0530. The number of aliphatic hydroxyl groups excluding tert-OH is 1. The van der Waals surface area contributed by atoms with Gasteiger partial charge in [0.25, 0.3) is 0 Å². The van der Waals surface area contributed by atoms with Gasteiger partial charge in [0.15, 0.2) is 0 Å². The summed E-state index contributed by atoms with van der Waals surface area (Å²) in [4.78, 5) is 0. The Bertz CT molecular complexity index is 298. The topological polar surface area (TPSA) is 41.5 Å². The Morgan fingerprint density at radius 1 is 1.24 bits per heavy atom. The van der Waals surface area contributed by atoms with Crippen LogP contribution in [0.15, 0.2) is 24.3 Å². The molecule has 1 atom stereocenters. The molecule has 3 nitrogen and oxygen atoms in total.